The smallest absolute Gasteiger partial charge is 0.0813 e. The van der Waals surface area contributed by atoms with E-state index < -0.39 is 0 Å². The lowest BCUT2D eigenvalue weighted by molar-refractivity contribution is 0.314. The molecule has 18 heavy (non-hydrogen) atoms. The van der Waals surface area contributed by atoms with Crippen LogP contribution in [0.2, 0.25) is 0 Å². The summed E-state index contributed by atoms with van der Waals surface area (Å²) in [7, 11) is 0. The van der Waals surface area contributed by atoms with Crippen molar-refractivity contribution in [3.63, 3.8) is 0 Å². The highest BCUT2D eigenvalue weighted by atomic mass is 32.1. The van der Waals surface area contributed by atoms with Crippen LogP contribution in [-0.2, 0) is 0 Å². The molecule has 1 aromatic heterocycles. The summed E-state index contributed by atoms with van der Waals surface area (Å²) in [5, 5.41) is 3.63. The third-order valence-corrected chi connectivity index (χ3v) is 4.73. The van der Waals surface area contributed by atoms with E-state index in [4.69, 9.17) is 0 Å². The quantitative estimate of drug-likeness (QED) is 0.901. The Morgan fingerprint density at radius 1 is 1.50 bits per heavy atom. The van der Waals surface area contributed by atoms with Crippen molar-refractivity contribution in [1.82, 2.24) is 10.3 Å². The van der Waals surface area contributed by atoms with Crippen LogP contribution in [0.5, 0.6) is 0 Å². The Morgan fingerprint density at radius 2 is 2.39 bits per heavy atom. The highest BCUT2D eigenvalue weighted by Crippen LogP contribution is 2.27. The topological polar surface area (TPSA) is 28.2 Å². The summed E-state index contributed by atoms with van der Waals surface area (Å²) in [6.45, 7) is 7.78. The Balaban J connectivity index is 1.89. The van der Waals surface area contributed by atoms with Crippen LogP contribution in [0.1, 0.15) is 20.3 Å². The van der Waals surface area contributed by atoms with Crippen molar-refractivity contribution in [3.8, 4) is 0 Å². The molecule has 1 saturated heterocycles. The average molecular weight is 261 g/mol. The van der Waals surface area contributed by atoms with Crippen molar-refractivity contribution in [1.29, 1.82) is 0 Å². The number of benzene rings is 1. The van der Waals surface area contributed by atoms with Crippen molar-refractivity contribution in [3.05, 3.63) is 23.7 Å². The number of nitrogens with zero attached hydrogens (tertiary/aromatic N) is 2. The molecule has 1 atom stereocenters. The van der Waals surface area contributed by atoms with E-state index in [1.807, 2.05) is 5.51 Å². The molecular formula is C14H19N3S. The molecule has 0 bridgehead atoms. The molecule has 0 saturated carbocycles. The average Bonchev–Trinajstić information content (AvgIpc) is 2.86. The van der Waals surface area contributed by atoms with Crippen LogP contribution in [-0.4, -0.2) is 30.2 Å². The van der Waals surface area contributed by atoms with E-state index in [1.165, 1.54) is 10.4 Å². The highest BCUT2D eigenvalue weighted by molar-refractivity contribution is 7.16. The van der Waals surface area contributed by atoms with Gasteiger partial charge in [-0.2, -0.15) is 0 Å². The van der Waals surface area contributed by atoms with Crippen molar-refractivity contribution in [2.24, 2.45) is 0 Å². The number of nitrogens with one attached hydrogen (secondary N) is 1. The molecule has 4 heteroatoms. The van der Waals surface area contributed by atoms with Gasteiger partial charge in [0, 0.05) is 30.9 Å². The maximum absolute atomic E-state index is 4.34. The van der Waals surface area contributed by atoms with Crippen LogP contribution in [0.4, 0.5) is 5.69 Å². The predicted octanol–water partition coefficient (Wildman–Crippen LogP) is 2.87. The number of hydrogen-bond acceptors (Lipinski definition) is 4. The number of hydrogen-bond donors (Lipinski definition) is 1. The van der Waals surface area contributed by atoms with Gasteiger partial charge in [-0.1, -0.05) is 6.92 Å². The van der Waals surface area contributed by atoms with Crippen LogP contribution in [0.15, 0.2) is 23.7 Å². The van der Waals surface area contributed by atoms with Gasteiger partial charge in [-0.15, -0.1) is 11.3 Å². The first-order chi connectivity index (χ1) is 8.70. The van der Waals surface area contributed by atoms with E-state index in [9.17, 15) is 0 Å². The first-order valence-corrected chi connectivity index (χ1v) is 7.41. The van der Waals surface area contributed by atoms with Crippen LogP contribution in [0, 0.1) is 0 Å². The summed E-state index contributed by atoms with van der Waals surface area (Å²) in [5.74, 6) is 0. The molecule has 1 aliphatic rings. The van der Waals surface area contributed by atoms with Gasteiger partial charge in [-0.25, -0.2) is 4.98 Å². The van der Waals surface area contributed by atoms with Crippen molar-refractivity contribution in [2.75, 3.05) is 24.5 Å². The molecular weight excluding hydrogens is 242 g/mol. The van der Waals surface area contributed by atoms with Gasteiger partial charge >= 0.3 is 0 Å². The van der Waals surface area contributed by atoms with Gasteiger partial charge in [-0.3, -0.25) is 0 Å². The van der Waals surface area contributed by atoms with Gasteiger partial charge in [0.15, 0.2) is 0 Å². The molecule has 0 aliphatic carbocycles. The maximum Gasteiger partial charge on any atom is 0.0813 e. The van der Waals surface area contributed by atoms with Gasteiger partial charge in [-0.05, 0) is 31.5 Å². The van der Waals surface area contributed by atoms with Crippen molar-refractivity contribution in [2.45, 2.75) is 25.8 Å². The molecule has 1 fully saturated rings. The fourth-order valence-corrected chi connectivity index (χ4v) is 3.26. The second-order valence-electron chi connectivity index (χ2n) is 5.27. The lowest BCUT2D eigenvalue weighted by Crippen LogP contribution is -2.58. The zero-order chi connectivity index (χ0) is 12.6. The molecule has 1 unspecified atom stereocenters. The molecule has 1 aromatic carbocycles. The maximum atomic E-state index is 4.34. The third-order valence-electron chi connectivity index (χ3n) is 3.93. The Hall–Kier alpha value is -1.13. The zero-order valence-electron chi connectivity index (χ0n) is 10.9. The summed E-state index contributed by atoms with van der Waals surface area (Å²) in [6.07, 6.45) is 1.16. The van der Waals surface area contributed by atoms with E-state index >= 15 is 0 Å². The number of rotatable bonds is 2. The fraction of sp³-hybridized carbons (Fsp3) is 0.500. The number of piperazine rings is 1. The molecule has 3 nitrogen and oxygen atoms in total. The van der Waals surface area contributed by atoms with Gasteiger partial charge in [0.2, 0.25) is 0 Å². The molecule has 1 aliphatic heterocycles. The summed E-state index contributed by atoms with van der Waals surface area (Å²) in [5.41, 5.74) is 4.59. The van der Waals surface area contributed by atoms with Gasteiger partial charge in [0.05, 0.1) is 15.7 Å². The van der Waals surface area contributed by atoms with Crippen LogP contribution >= 0.6 is 11.3 Å². The standard InChI is InChI=1S/C14H19N3S/c1-3-14(2)9-17(7-6-16-14)11-4-5-12-13(8-11)18-10-15-12/h4-5,8,10,16H,3,6-7,9H2,1-2H3. The minimum absolute atomic E-state index is 0.237. The van der Waals surface area contributed by atoms with Gasteiger partial charge < -0.3 is 10.2 Å². The summed E-state index contributed by atoms with van der Waals surface area (Å²) >= 11 is 1.72. The Bertz CT molecular complexity index is 551. The van der Waals surface area contributed by atoms with E-state index in [1.54, 1.807) is 11.3 Å². The molecule has 0 amide bonds. The second kappa shape index (κ2) is 4.52. The minimum Gasteiger partial charge on any atom is -0.368 e. The fourth-order valence-electron chi connectivity index (χ4n) is 2.55. The minimum atomic E-state index is 0.237. The summed E-state index contributed by atoms with van der Waals surface area (Å²) in [6, 6.07) is 6.60. The summed E-state index contributed by atoms with van der Waals surface area (Å²) < 4.78 is 1.28. The lowest BCUT2D eigenvalue weighted by atomic mass is 9.95. The number of aromatic nitrogens is 1. The zero-order valence-corrected chi connectivity index (χ0v) is 11.8. The molecule has 1 N–H and O–H groups in total. The van der Waals surface area contributed by atoms with Gasteiger partial charge in [0.25, 0.3) is 0 Å². The van der Waals surface area contributed by atoms with Crippen LogP contribution in [0.3, 0.4) is 0 Å². The van der Waals surface area contributed by atoms with E-state index in [0.717, 1.165) is 31.6 Å². The van der Waals surface area contributed by atoms with E-state index in [-0.39, 0.29) is 5.54 Å². The Labute approximate surface area is 112 Å². The number of fused-ring (bicyclic) bond motifs is 1. The molecule has 3 rings (SSSR count). The first-order valence-electron chi connectivity index (χ1n) is 6.53. The molecule has 96 valence electrons. The highest BCUT2D eigenvalue weighted by Gasteiger charge is 2.28. The van der Waals surface area contributed by atoms with E-state index in [2.05, 4.69) is 47.2 Å². The predicted molar refractivity (Wildman–Crippen MR) is 78.5 cm³/mol. The largest absolute Gasteiger partial charge is 0.368 e. The van der Waals surface area contributed by atoms with Crippen molar-refractivity contribution >= 4 is 27.2 Å². The first kappa shape index (κ1) is 11.9. The Kier molecular flexibility index (Phi) is 2.99. The van der Waals surface area contributed by atoms with E-state index in [0.29, 0.717) is 0 Å². The normalized spacial score (nSPS) is 24.7. The lowest BCUT2D eigenvalue weighted by Gasteiger charge is -2.42. The van der Waals surface area contributed by atoms with Crippen molar-refractivity contribution < 1.29 is 0 Å². The van der Waals surface area contributed by atoms with Gasteiger partial charge in [0.1, 0.15) is 0 Å². The van der Waals surface area contributed by atoms with Crippen LogP contribution < -0.4 is 10.2 Å². The number of anilines is 1. The molecule has 0 spiro atoms. The summed E-state index contributed by atoms with van der Waals surface area (Å²) in [4.78, 5) is 6.82. The monoisotopic (exact) mass is 261 g/mol. The molecule has 2 heterocycles. The second-order valence-corrected chi connectivity index (χ2v) is 6.15. The Morgan fingerprint density at radius 3 is 3.22 bits per heavy atom. The SMILES string of the molecule is CCC1(C)CN(c2ccc3ncsc3c2)CCN1. The molecule has 2 aromatic rings. The number of thiazole rings is 1. The van der Waals surface area contributed by atoms with Crippen LogP contribution in [0.25, 0.3) is 10.2 Å². The third kappa shape index (κ3) is 2.10. The molecule has 0 radical (unpaired) electrons.